The summed E-state index contributed by atoms with van der Waals surface area (Å²) in [5, 5.41) is 10.4. The van der Waals surface area contributed by atoms with Crippen LogP contribution in [-0.2, 0) is 4.74 Å². The summed E-state index contributed by atoms with van der Waals surface area (Å²) in [7, 11) is 0. The first-order valence-electron chi connectivity index (χ1n) is 9.63. The van der Waals surface area contributed by atoms with E-state index in [9.17, 15) is 9.50 Å². The van der Waals surface area contributed by atoms with Crippen LogP contribution >= 0.6 is 0 Å². The molecule has 0 amide bonds. The molecule has 0 unspecified atom stereocenters. The Hall–Kier alpha value is -1.61. The number of hydrogen-bond donors (Lipinski definition) is 1. The summed E-state index contributed by atoms with van der Waals surface area (Å²) in [6.45, 7) is 4.37. The monoisotopic (exact) mass is 360 g/mol. The molecule has 0 radical (unpaired) electrons. The molecule has 1 saturated heterocycles. The number of ether oxygens (including phenoxy) is 1. The Balaban J connectivity index is 1.41. The third-order valence-corrected chi connectivity index (χ3v) is 5.51. The van der Waals surface area contributed by atoms with Crippen molar-refractivity contribution in [2.75, 3.05) is 44.2 Å². The predicted molar refractivity (Wildman–Crippen MR) is 102 cm³/mol. The molecular formula is C21H29FN2O2. The molecule has 1 aliphatic carbocycles. The molecule has 1 aromatic rings. The number of halogens is 1. The molecule has 1 N–H and O–H groups in total. The third kappa shape index (κ3) is 4.97. The first kappa shape index (κ1) is 19.2. The number of anilines is 1. The Labute approximate surface area is 155 Å². The van der Waals surface area contributed by atoms with Crippen LogP contribution in [0, 0.1) is 18.2 Å². The maximum Gasteiger partial charge on any atom is 0.128 e. The molecule has 1 atom stereocenters. The van der Waals surface area contributed by atoms with Gasteiger partial charge in [0.25, 0.3) is 0 Å². The number of aliphatic hydroxyl groups excluding tert-OH is 1. The molecule has 26 heavy (non-hydrogen) atoms. The average molecular weight is 360 g/mol. The molecule has 2 aliphatic rings. The number of aliphatic hydroxyl groups is 1. The molecule has 1 heterocycles. The Morgan fingerprint density at radius 3 is 2.38 bits per heavy atom. The number of piperazine rings is 1. The molecule has 1 saturated carbocycles. The van der Waals surface area contributed by atoms with Gasteiger partial charge >= 0.3 is 0 Å². The van der Waals surface area contributed by atoms with Gasteiger partial charge in [-0.05, 0) is 49.9 Å². The fraction of sp³-hybridized carbons (Fsp3) is 0.619. The number of nitrogens with zero attached hydrogens (tertiary/aromatic N) is 2. The zero-order valence-corrected chi connectivity index (χ0v) is 15.4. The van der Waals surface area contributed by atoms with Crippen molar-refractivity contribution in [3.63, 3.8) is 0 Å². The minimum absolute atomic E-state index is 0.210. The highest BCUT2D eigenvalue weighted by Gasteiger charge is 2.31. The van der Waals surface area contributed by atoms with Crippen LogP contribution in [0.2, 0.25) is 0 Å². The maximum absolute atomic E-state index is 13.0. The Morgan fingerprint density at radius 1 is 1.12 bits per heavy atom. The van der Waals surface area contributed by atoms with E-state index in [-0.39, 0.29) is 5.82 Å². The number of hydrogen-bond acceptors (Lipinski definition) is 4. The summed E-state index contributed by atoms with van der Waals surface area (Å²) in [5.74, 6) is 2.61. The highest BCUT2D eigenvalue weighted by atomic mass is 19.1. The first-order valence-corrected chi connectivity index (χ1v) is 9.63. The summed E-state index contributed by atoms with van der Waals surface area (Å²) < 4.78 is 19.0. The van der Waals surface area contributed by atoms with Gasteiger partial charge in [-0.25, -0.2) is 4.39 Å². The van der Waals surface area contributed by atoms with Crippen molar-refractivity contribution >= 4 is 5.69 Å². The summed E-state index contributed by atoms with van der Waals surface area (Å²) in [6.07, 6.45) is 10.4. The van der Waals surface area contributed by atoms with E-state index >= 15 is 0 Å². The van der Waals surface area contributed by atoms with Crippen LogP contribution in [0.4, 0.5) is 10.1 Å². The Morgan fingerprint density at radius 2 is 1.77 bits per heavy atom. The topological polar surface area (TPSA) is 35.9 Å². The quantitative estimate of drug-likeness (QED) is 0.792. The lowest BCUT2D eigenvalue weighted by atomic mass is 9.85. The summed E-state index contributed by atoms with van der Waals surface area (Å²) >= 11 is 0. The van der Waals surface area contributed by atoms with Gasteiger partial charge in [0.2, 0.25) is 0 Å². The van der Waals surface area contributed by atoms with E-state index in [0.717, 1.165) is 57.5 Å². The highest BCUT2D eigenvalue weighted by molar-refractivity contribution is 5.46. The lowest BCUT2D eigenvalue weighted by Gasteiger charge is -2.37. The van der Waals surface area contributed by atoms with Crippen molar-refractivity contribution in [3.05, 3.63) is 30.1 Å². The van der Waals surface area contributed by atoms with Gasteiger partial charge in [0.05, 0.1) is 12.7 Å². The van der Waals surface area contributed by atoms with Gasteiger partial charge in [0.15, 0.2) is 0 Å². The molecule has 0 bridgehead atoms. The van der Waals surface area contributed by atoms with Gasteiger partial charge in [0, 0.05) is 38.4 Å². The Kier molecular flexibility index (Phi) is 6.53. The number of rotatable bonds is 6. The van der Waals surface area contributed by atoms with Crippen LogP contribution in [0.3, 0.4) is 0 Å². The SMILES string of the molecule is C#CC1(OC[C@H](O)CN2CCN(c3ccc(F)cc3)CC2)CCCCC1. The van der Waals surface area contributed by atoms with Crippen molar-refractivity contribution in [3.8, 4) is 12.3 Å². The molecule has 1 aliphatic heterocycles. The standard InChI is InChI=1S/C21H29FN2O2/c1-2-21(10-4-3-5-11-21)26-17-20(25)16-23-12-14-24(15-13-23)19-8-6-18(22)7-9-19/h1,6-9,20,25H,3-5,10-17H2/t20-/m1/s1. The van der Waals surface area contributed by atoms with E-state index in [4.69, 9.17) is 11.2 Å². The molecule has 0 spiro atoms. The zero-order valence-electron chi connectivity index (χ0n) is 15.4. The minimum atomic E-state index is -0.528. The number of β-amino-alcohol motifs (C(OH)–C–C–N with tert-alkyl or cyclic N) is 1. The van der Waals surface area contributed by atoms with Crippen LogP contribution in [0.5, 0.6) is 0 Å². The molecule has 3 rings (SSSR count). The summed E-state index contributed by atoms with van der Waals surface area (Å²) in [4.78, 5) is 4.49. The van der Waals surface area contributed by atoms with Crippen molar-refractivity contribution < 1.29 is 14.2 Å². The largest absolute Gasteiger partial charge is 0.389 e. The highest BCUT2D eigenvalue weighted by Crippen LogP contribution is 2.31. The maximum atomic E-state index is 13.0. The van der Waals surface area contributed by atoms with Crippen molar-refractivity contribution in [2.45, 2.75) is 43.8 Å². The van der Waals surface area contributed by atoms with E-state index in [1.807, 2.05) is 12.1 Å². The predicted octanol–water partition coefficient (Wildman–Crippen LogP) is 2.66. The van der Waals surface area contributed by atoms with Crippen molar-refractivity contribution in [1.82, 2.24) is 4.90 Å². The smallest absolute Gasteiger partial charge is 0.128 e. The van der Waals surface area contributed by atoms with Gasteiger partial charge in [-0.1, -0.05) is 12.3 Å². The van der Waals surface area contributed by atoms with Gasteiger partial charge in [-0.3, -0.25) is 4.90 Å². The second kappa shape index (κ2) is 8.85. The molecule has 2 fully saturated rings. The van der Waals surface area contributed by atoms with Crippen LogP contribution in [0.25, 0.3) is 0 Å². The number of benzene rings is 1. The lowest BCUT2D eigenvalue weighted by molar-refractivity contribution is -0.0698. The van der Waals surface area contributed by atoms with E-state index < -0.39 is 11.7 Å². The van der Waals surface area contributed by atoms with Gasteiger partial charge in [-0.2, -0.15) is 0 Å². The number of terminal acetylenes is 1. The second-order valence-electron chi connectivity index (χ2n) is 7.43. The van der Waals surface area contributed by atoms with E-state index in [0.29, 0.717) is 13.2 Å². The van der Waals surface area contributed by atoms with E-state index in [2.05, 4.69) is 15.7 Å². The normalized spacial score (nSPS) is 22.0. The summed E-state index contributed by atoms with van der Waals surface area (Å²) in [5.41, 5.74) is 0.573. The van der Waals surface area contributed by atoms with Gasteiger partial charge in [0.1, 0.15) is 11.4 Å². The third-order valence-electron chi connectivity index (χ3n) is 5.51. The fourth-order valence-corrected chi connectivity index (χ4v) is 3.90. The summed E-state index contributed by atoms with van der Waals surface area (Å²) in [6, 6.07) is 6.62. The molecule has 1 aromatic carbocycles. The van der Waals surface area contributed by atoms with Crippen LogP contribution < -0.4 is 4.90 Å². The van der Waals surface area contributed by atoms with Crippen molar-refractivity contribution in [2.24, 2.45) is 0 Å². The molecular weight excluding hydrogens is 331 g/mol. The van der Waals surface area contributed by atoms with Crippen molar-refractivity contribution in [1.29, 1.82) is 0 Å². The second-order valence-corrected chi connectivity index (χ2v) is 7.43. The van der Waals surface area contributed by atoms with Crippen LogP contribution in [0.1, 0.15) is 32.1 Å². The van der Waals surface area contributed by atoms with Crippen LogP contribution in [0.15, 0.2) is 24.3 Å². The van der Waals surface area contributed by atoms with Gasteiger partial charge in [-0.15, -0.1) is 6.42 Å². The molecule has 142 valence electrons. The fourth-order valence-electron chi connectivity index (χ4n) is 3.90. The van der Waals surface area contributed by atoms with E-state index in [1.165, 1.54) is 18.6 Å². The molecule has 5 heteroatoms. The van der Waals surface area contributed by atoms with E-state index in [1.54, 1.807) is 0 Å². The lowest BCUT2D eigenvalue weighted by Crippen LogP contribution is -2.49. The minimum Gasteiger partial charge on any atom is -0.389 e. The zero-order chi connectivity index (χ0) is 18.4. The van der Waals surface area contributed by atoms with Gasteiger partial charge < -0.3 is 14.7 Å². The first-order chi connectivity index (χ1) is 12.6. The average Bonchev–Trinajstić information content (AvgIpc) is 2.68. The molecule has 0 aromatic heterocycles. The Bertz CT molecular complexity index is 599. The molecule has 4 nitrogen and oxygen atoms in total. The van der Waals surface area contributed by atoms with Crippen LogP contribution in [-0.4, -0.2) is 61.0 Å².